The monoisotopic (exact) mass is 253 g/mol. The van der Waals surface area contributed by atoms with E-state index in [2.05, 4.69) is 15.5 Å². The Kier molecular flexibility index (Phi) is 3.10. The summed E-state index contributed by atoms with van der Waals surface area (Å²) >= 11 is 5.54. The molecule has 1 aromatic heterocycles. The lowest BCUT2D eigenvalue weighted by Crippen LogP contribution is -2.12. The third-order valence-corrected chi connectivity index (χ3v) is 2.56. The molecule has 1 heterocycles. The fourth-order valence-electron chi connectivity index (χ4n) is 1.35. The zero-order valence-corrected chi connectivity index (χ0v) is 9.68. The summed E-state index contributed by atoms with van der Waals surface area (Å²) in [6, 6.07) is 4.07. The normalized spacial score (nSPS) is 10.3. The van der Waals surface area contributed by atoms with Crippen molar-refractivity contribution >= 4 is 23.2 Å². The minimum absolute atomic E-state index is 0.0162. The summed E-state index contributed by atoms with van der Waals surface area (Å²) in [7, 11) is 0. The molecule has 88 valence electrons. The smallest absolute Gasteiger partial charge is 0.259 e. The lowest BCUT2D eigenvalue weighted by atomic mass is 10.2. The minimum Gasteiger partial charge on any atom is -0.322 e. The number of hydrogen-bond acceptors (Lipinski definition) is 2. The highest BCUT2D eigenvalue weighted by molar-refractivity contribution is 6.30. The molecule has 0 bridgehead atoms. The molecule has 1 amide bonds. The zero-order chi connectivity index (χ0) is 12.4. The second kappa shape index (κ2) is 4.55. The number of nitrogens with one attached hydrogen (secondary N) is 2. The van der Waals surface area contributed by atoms with Crippen LogP contribution in [0.15, 0.2) is 24.4 Å². The van der Waals surface area contributed by atoms with Crippen molar-refractivity contribution in [2.45, 2.75) is 6.92 Å². The Morgan fingerprint density at radius 2 is 2.29 bits per heavy atom. The molecule has 0 saturated heterocycles. The van der Waals surface area contributed by atoms with E-state index in [1.807, 2.05) is 0 Å². The lowest BCUT2D eigenvalue weighted by Gasteiger charge is -2.04. The third-order valence-electron chi connectivity index (χ3n) is 2.25. The van der Waals surface area contributed by atoms with Crippen molar-refractivity contribution < 1.29 is 9.18 Å². The van der Waals surface area contributed by atoms with Gasteiger partial charge < -0.3 is 5.32 Å². The first-order chi connectivity index (χ1) is 8.08. The largest absolute Gasteiger partial charge is 0.322 e. The summed E-state index contributed by atoms with van der Waals surface area (Å²) in [5, 5.41) is 8.96. The molecule has 0 saturated carbocycles. The molecule has 0 aliphatic carbocycles. The molecule has 0 fully saturated rings. The average molecular weight is 254 g/mol. The van der Waals surface area contributed by atoms with E-state index in [9.17, 15) is 9.18 Å². The van der Waals surface area contributed by atoms with Crippen LogP contribution in [0.25, 0.3) is 0 Å². The maximum Gasteiger partial charge on any atom is 0.259 e. The number of halogens is 2. The minimum atomic E-state index is -0.576. The molecule has 4 nitrogen and oxygen atoms in total. The summed E-state index contributed by atoms with van der Waals surface area (Å²) in [6.07, 6.45) is 1.41. The molecule has 2 rings (SSSR count). The Morgan fingerprint density at radius 3 is 2.88 bits per heavy atom. The van der Waals surface area contributed by atoms with Crippen LogP contribution < -0.4 is 5.32 Å². The Labute approximate surface area is 102 Å². The van der Waals surface area contributed by atoms with Crippen LogP contribution in [0.1, 0.15) is 16.1 Å². The van der Waals surface area contributed by atoms with Crippen LogP contribution in [0.5, 0.6) is 0 Å². The molecule has 6 heteroatoms. The van der Waals surface area contributed by atoms with Crippen molar-refractivity contribution in [1.29, 1.82) is 0 Å². The van der Waals surface area contributed by atoms with Crippen molar-refractivity contribution in [1.82, 2.24) is 10.2 Å². The topological polar surface area (TPSA) is 57.8 Å². The van der Waals surface area contributed by atoms with Gasteiger partial charge in [0.05, 0.1) is 16.8 Å². The van der Waals surface area contributed by atoms with Gasteiger partial charge in [-0.05, 0) is 25.1 Å². The number of nitrogens with zero attached hydrogens (tertiary/aromatic N) is 1. The molecular formula is C11H9ClFN3O. The highest BCUT2D eigenvalue weighted by atomic mass is 35.5. The maximum absolute atomic E-state index is 13.1. The molecule has 0 radical (unpaired) electrons. The number of benzene rings is 1. The van der Waals surface area contributed by atoms with Crippen LogP contribution in [0.3, 0.4) is 0 Å². The van der Waals surface area contributed by atoms with Crippen LogP contribution in [0.4, 0.5) is 10.1 Å². The molecule has 0 spiro atoms. The number of rotatable bonds is 2. The Balaban J connectivity index is 2.19. The number of anilines is 1. The van der Waals surface area contributed by atoms with Crippen LogP contribution in [0, 0.1) is 12.7 Å². The van der Waals surface area contributed by atoms with Crippen LogP contribution in [-0.4, -0.2) is 16.1 Å². The first kappa shape index (κ1) is 11.6. The van der Waals surface area contributed by atoms with Gasteiger partial charge in [-0.15, -0.1) is 0 Å². The van der Waals surface area contributed by atoms with E-state index in [1.54, 1.807) is 6.92 Å². The molecule has 0 aliphatic heterocycles. The first-order valence-electron chi connectivity index (χ1n) is 4.84. The van der Waals surface area contributed by atoms with Crippen molar-refractivity contribution in [3.05, 3.63) is 46.5 Å². The maximum atomic E-state index is 13.1. The van der Waals surface area contributed by atoms with Gasteiger partial charge in [0.15, 0.2) is 0 Å². The van der Waals surface area contributed by atoms with Gasteiger partial charge in [0.1, 0.15) is 5.82 Å². The average Bonchev–Trinajstić information content (AvgIpc) is 2.70. The van der Waals surface area contributed by atoms with Crippen LogP contribution in [0.2, 0.25) is 5.02 Å². The number of hydrogen-bond donors (Lipinski definition) is 2. The predicted molar refractivity (Wildman–Crippen MR) is 62.7 cm³/mol. The molecule has 0 atom stereocenters. The summed E-state index contributed by atoms with van der Waals surface area (Å²) in [6.45, 7) is 1.73. The second-order valence-electron chi connectivity index (χ2n) is 3.49. The van der Waals surface area contributed by atoms with E-state index in [0.717, 1.165) is 6.07 Å². The van der Waals surface area contributed by atoms with Gasteiger partial charge in [-0.3, -0.25) is 9.89 Å². The molecule has 2 aromatic rings. The van der Waals surface area contributed by atoms with E-state index in [4.69, 9.17) is 11.6 Å². The quantitative estimate of drug-likeness (QED) is 0.865. The third kappa shape index (κ3) is 2.45. The van der Waals surface area contributed by atoms with Gasteiger partial charge >= 0.3 is 0 Å². The molecule has 0 aliphatic rings. The number of aromatic amines is 1. The van der Waals surface area contributed by atoms with Crippen molar-refractivity contribution in [2.24, 2.45) is 0 Å². The molecular weight excluding hydrogens is 245 g/mol. The van der Waals surface area contributed by atoms with Crippen LogP contribution in [-0.2, 0) is 0 Å². The SMILES string of the molecule is Cc1[nH]ncc1C(=O)Nc1ccc(Cl)c(F)c1. The highest BCUT2D eigenvalue weighted by Gasteiger charge is 2.11. The van der Waals surface area contributed by atoms with E-state index in [-0.39, 0.29) is 10.9 Å². The number of aromatic nitrogens is 2. The summed E-state index contributed by atoms with van der Waals surface area (Å²) in [4.78, 5) is 11.8. The van der Waals surface area contributed by atoms with Gasteiger partial charge in [-0.25, -0.2) is 4.39 Å². The van der Waals surface area contributed by atoms with Crippen molar-refractivity contribution in [2.75, 3.05) is 5.32 Å². The van der Waals surface area contributed by atoms with Gasteiger partial charge in [0, 0.05) is 11.4 Å². The highest BCUT2D eigenvalue weighted by Crippen LogP contribution is 2.19. The Morgan fingerprint density at radius 1 is 1.53 bits per heavy atom. The van der Waals surface area contributed by atoms with E-state index in [1.165, 1.54) is 18.3 Å². The number of aryl methyl sites for hydroxylation is 1. The summed E-state index contributed by atoms with van der Waals surface area (Å²) in [5.41, 5.74) is 1.41. The van der Waals surface area contributed by atoms with Crippen molar-refractivity contribution in [3.63, 3.8) is 0 Å². The van der Waals surface area contributed by atoms with E-state index >= 15 is 0 Å². The summed E-state index contributed by atoms with van der Waals surface area (Å²) in [5.74, 6) is -0.925. The predicted octanol–water partition coefficient (Wildman–Crippen LogP) is 2.76. The van der Waals surface area contributed by atoms with E-state index in [0.29, 0.717) is 16.9 Å². The molecule has 2 N–H and O–H groups in total. The zero-order valence-electron chi connectivity index (χ0n) is 8.92. The Bertz CT molecular complexity index is 568. The van der Waals surface area contributed by atoms with Gasteiger partial charge in [-0.2, -0.15) is 5.10 Å². The standard InChI is InChI=1S/C11H9ClFN3O/c1-6-8(5-14-16-6)11(17)15-7-2-3-9(12)10(13)4-7/h2-5H,1H3,(H,14,16)(H,15,17). The number of amides is 1. The molecule has 0 unspecified atom stereocenters. The van der Waals surface area contributed by atoms with Crippen LogP contribution >= 0.6 is 11.6 Å². The number of carbonyl (C=O) groups excluding carboxylic acids is 1. The van der Waals surface area contributed by atoms with Gasteiger partial charge in [0.2, 0.25) is 0 Å². The lowest BCUT2D eigenvalue weighted by molar-refractivity contribution is 0.102. The molecule has 1 aromatic carbocycles. The number of carbonyl (C=O) groups is 1. The van der Waals surface area contributed by atoms with E-state index < -0.39 is 5.82 Å². The molecule has 17 heavy (non-hydrogen) atoms. The number of H-pyrrole nitrogens is 1. The first-order valence-corrected chi connectivity index (χ1v) is 5.22. The summed E-state index contributed by atoms with van der Waals surface area (Å²) < 4.78 is 13.1. The second-order valence-corrected chi connectivity index (χ2v) is 3.90. The van der Waals surface area contributed by atoms with Gasteiger partial charge in [-0.1, -0.05) is 11.6 Å². The van der Waals surface area contributed by atoms with Crippen molar-refractivity contribution in [3.8, 4) is 0 Å². The Hall–Kier alpha value is -1.88. The fourth-order valence-corrected chi connectivity index (χ4v) is 1.47. The fraction of sp³-hybridized carbons (Fsp3) is 0.0909. The van der Waals surface area contributed by atoms with Gasteiger partial charge in [0.25, 0.3) is 5.91 Å².